The third kappa shape index (κ3) is 5.44. The predicted octanol–water partition coefficient (Wildman–Crippen LogP) is 2.96. The number of primary amides is 1. The van der Waals surface area contributed by atoms with E-state index in [4.69, 9.17) is 22.1 Å². The minimum atomic E-state index is -0.795. The Hall–Kier alpha value is -1.60. The van der Waals surface area contributed by atoms with Crippen LogP contribution >= 0.6 is 11.6 Å². The van der Waals surface area contributed by atoms with Gasteiger partial charge in [0.2, 0.25) is 0 Å². The minimum Gasteiger partial charge on any atom is -0.444 e. The molecular weight excluding hydrogens is 344 g/mol. The highest BCUT2D eigenvalue weighted by atomic mass is 35.5. The largest absolute Gasteiger partial charge is 0.444 e. The molecule has 1 aliphatic carbocycles. The number of aliphatic hydroxyl groups is 1. The van der Waals surface area contributed by atoms with Crippen molar-refractivity contribution in [2.24, 2.45) is 5.73 Å². The van der Waals surface area contributed by atoms with Crippen LogP contribution in [-0.2, 0) is 11.2 Å². The molecule has 140 valence electrons. The lowest BCUT2D eigenvalue weighted by Crippen LogP contribution is -2.37. The molecule has 0 saturated heterocycles. The number of aromatic nitrogens is 2. The molecule has 8 heteroatoms. The van der Waals surface area contributed by atoms with Crippen molar-refractivity contribution in [3.8, 4) is 0 Å². The summed E-state index contributed by atoms with van der Waals surface area (Å²) in [6, 6.07) is -0.0442. The van der Waals surface area contributed by atoms with Gasteiger partial charge in [-0.1, -0.05) is 24.4 Å². The molecule has 1 saturated carbocycles. The van der Waals surface area contributed by atoms with Gasteiger partial charge in [-0.25, -0.2) is 4.79 Å². The van der Waals surface area contributed by atoms with E-state index in [1.807, 2.05) is 6.92 Å². The summed E-state index contributed by atoms with van der Waals surface area (Å²) in [5, 5.41) is 22.1. The third-order valence-electron chi connectivity index (χ3n) is 4.69. The van der Waals surface area contributed by atoms with Crippen molar-refractivity contribution in [2.75, 3.05) is 5.32 Å². The number of amides is 1. The van der Waals surface area contributed by atoms with E-state index >= 15 is 0 Å². The first kappa shape index (κ1) is 19.7. The van der Waals surface area contributed by atoms with Gasteiger partial charge < -0.3 is 20.9 Å². The van der Waals surface area contributed by atoms with Crippen molar-refractivity contribution in [1.82, 2.24) is 10.2 Å². The van der Waals surface area contributed by atoms with Crippen molar-refractivity contribution in [2.45, 2.75) is 77.0 Å². The zero-order valence-electron chi connectivity index (χ0n) is 15.0. The van der Waals surface area contributed by atoms with Crippen LogP contribution in [0.5, 0.6) is 0 Å². The van der Waals surface area contributed by atoms with Gasteiger partial charge in [-0.15, -0.1) is 10.2 Å². The standard InChI is InChI=1S/C17H27ClN4O3/c1-10-11(8-9-17(2,3)25-16(19)24)15(22-21-14(10)18)20-12-6-4-5-7-13(12)23/h12-13,23H,4-9H2,1-3H3,(H2,19,24)(H,20,22)/t12-,13-/m1/s1. The van der Waals surface area contributed by atoms with Crippen molar-refractivity contribution in [1.29, 1.82) is 0 Å². The predicted molar refractivity (Wildman–Crippen MR) is 96.7 cm³/mol. The molecule has 1 aromatic heterocycles. The van der Waals surface area contributed by atoms with Crippen LogP contribution in [0.2, 0.25) is 5.15 Å². The molecule has 2 rings (SSSR count). The highest BCUT2D eigenvalue weighted by molar-refractivity contribution is 6.30. The molecule has 0 bridgehead atoms. The SMILES string of the molecule is Cc1c(Cl)nnc(N[C@@H]2CCCC[C@H]2O)c1CCC(C)(C)OC(N)=O. The maximum absolute atomic E-state index is 11.0. The summed E-state index contributed by atoms with van der Waals surface area (Å²) in [7, 11) is 0. The Morgan fingerprint density at radius 3 is 2.72 bits per heavy atom. The highest BCUT2D eigenvalue weighted by Crippen LogP contribution is 2.29. The van der Waals surface area contributed by atoms with Crippen LogP contribution in [-0.4, -0.2) is 39.1 Å². The summed E-state index contributed by atoms with van der Waals surface area (Å²) in [6.45, 7) is 5.50. The second-order valence-electron chi connectivity index (χ2n) is 7.23. The molecule has 1 heterocycles. The molecule has 25 heavy (non-hydrogen) atoms. The fraction of sp³-hybridized carbons (Fsp3) is 0.706. The number of anilines is 1. The summed E-state index contributed by atoms with van der Waals surface area (Å²) >= 11 is 6.14. The average Bonchev–Trinajstić information content (AvgIpc) is 2.51. The smallest absolute Gasteiger partial charge is 0.405 e. The summed E-state index contributed by atoms with van der Waals surface area (Å²) in [4.78, 5) is 11.0. The number of nitrogens with one attached hydrogen (secondary N) is 1. The Morgan fingerprint density at radius 2 is 2.08 bits per heavy atom. The van der Waals surface area contributed by atoms with Crippen LogP contribution in [0.4, 0.5) is 10.6 Å². The molecule has 7 nitrogen and oxygen atoms in total. The molecule has 0 unspecified atom stereocenters. The number of rotatable bonds is 6. The number of halogens is 1. The van der Waals surface area contributed by atoms with E-state index in [1.165, 1.54) is 0 Å². The first-order chi connectivity index (χ1) is 11.7. The minimum absolute atomic E-state index is 0.0442. The summed E-state index contributed by atoms with van der Waals surface area (Å²) < 4.78 is 5.15. The number of nitrogens with two attached hydrogens (primary N) is 1. The van der Waals surface area contributed by atoms with Crippen molar-refractivity contribution in [3.63, 3.8) is 0 Å². The van der Waals surface area contributed by atoms with Gasteiger partial charge in [-0.2, -0.15) is 0 Å². The molecule has 1 amide bonds. The fourth-order valence-electron chi connectivity index (χ4n) is 3.16. The van der Waals surface area contributed by atoms with Crippen LogP contribution in [0, 0.1) is 6.92 Å². The second-order valence-corrected chi connectivity index (χ2v) is 7.58. The van der Waals surface area contributed by atoms with Crippen LogP contribution in [0.15, 0.2) is 0 Å². The van der Waals surface area contributed by atoms with Crippen molar-refractivity contribution < 1.29 is 14.6 Å². The maximum Gasteiger partial charge on any atom is 0.405 e. The van der Waals surface area contributed by atoms with Gasteiger partial charge in [-0.3, -0.25) is 0 Å². The maximum atomic E-state index is 11.0. The Labute approximate surface area is 153 Å². The lowest BCUT2D eigenvalue weighted by molar-refractivity contribution is 0.0394. The van der Waals surface area contributed by atoms with Crippen LogP contribution in [0.3, 0.4) is 0 Å². The van der Waals surface area contributed by atoms with Crippen LogP contribution in [0.25, 0.3) is 0 Å². The molecule has 0 aromatic carbocycles. The third-order valence-corrected chi connectivity index (χ3v) is 5.05. The molecule has 1 fully saturated rings. The van der Waals surface area contributed by atoms with Gasteiger partial charge in [0.1, 0.15) is 5.60 Å². The molecule has 0 radical (unpaired) electrons. The van der Waals surface area contributed by atoms with Gasteiger partial charge in [0.05, 0.1) is 12.1 Å². The lowest BCUT2D eigenvalue weighted by Gasteiger charge is -2.30. The number of carbonyl (C=O) groups is 1. The van der Waals surface area contributed by atoms with Crippen LogP contribution in [0.1, 0.15) is 57.1 Å². The zero-order chi connectivity index (χ0) is 18.6. The summed E-state index contributed by atoms with van der Waals surface area (Å²) in [5.41, 5.74) is 6.18. The number of nitrogens with zero attached hydrogens (tertiary/aromatic N) is 2. The van der Waals surface area contributed by atoms with Gasteiger partial charge in [0, 0.05) is 5.56 Å². The second kappa shape index (κ2) is 8.19. The van der Waals surface area contributed by atoms with E-state index in [1.54, 1.807) is 13.8 Å². The van der Waals surface area contributed by atoms with E-state index in [2.05, 4.69) is 15.5 Å². The van der Waals surface area contributed by atoms with Gasteiger partial charge in [0.15, 0.2) is 11.0 Å². The first-order valence-electron chi connectivity index (χ1n) is 8.64. The fourth-order valence-corrected chi connectivity index (χ4v) is 3.31. The molecular formula is C17H27ClN4O3. The topological polar surface area (TPSA) is 110 Å². The first-order valence-corrected chi connectivity index (χ1v) is 9.02. The summed E-state index contributed by atoms with van der Waals surface area (Å²) in [5.74, 6) is 0.628. The average molecular weight is 371 g/mol. The number of aliphatic hydroxyl groups excluding tert-OH is 1. The Kier molecular flexibility index (Phi) is 6.46. The molecule has 0 spiro atoms. The Balaban J connectivity index is 2.17. The monoisotopic (exact) mass is 370 g/mol. The van der Waals surface area contributed by atoms with Gasteiger partial charge in [0.25, 0.3) is 0 Å². The zero-order valence-corrected chi connectivity index (χ0v) is 15.8. The Morgan fingerprint density at radius 1 is 1.40 bits per heavy atom. The number of hydrogen-bond acceptors (Lipinski definition) is 6. The van der Waals surface area contributed by atoms with Gasteiger partial charge >= 0.3 is 6.09 Å². The highest BCUT2D eigenvalue weighted by Gasteiger charge is 2.27. The Bertz CT molecular complexity index is 624. The molecule has 1 aromatic rings. The number of hydrogen-bond donors (Lipinski definition) is 3. The molecule has 0 aliphatic heterocycles. The van der Waals surface area contributed by atoms with Crippen LogP contribution < -0.4 is 11.1 Å². The summed E-state index contributed by atoms with van der Waals surface area (Å²) in [6.07, 6.45) is 3.74. The van der Waals surface area contributed by atoms with E-state index < -0.39 is 17.8 Å². The van der Waals surface area contributed by atoms with E-state index in [0.29, 0.717) is 23.8 Å². The number of carbonyl (C=O) groups excluding carboxylic acids is 1. The van der Waals surface area contributed by atoms with Crippen molar-refractivity contribution in [3.05, 3.63) is 16.3 Å². The van der Waals surface area contributed by atoms with E-state index in [0.717, 1.165) is 36.8 Å². The van der Waals surface area contributed by atoms with Gasteiger partial charge in [-0.05, 0) is 52.0 Å². The molecule has 4 N–H and O–H groups in total. The lowest BCUT2D eigenvalue weighted by atomic mass is 9.92. The molecule has 2 atom stereocenters. The number of ether oxygens (including phenoxy) is 1. The van der Waals surface area contributed by atoms with E-state index in [-0.39, 0.29) is 6.04 Å². The molecule has 1 aliphatic rings. The normalized spacial score (nSPS) is 21.0. The van der Waals surface area contributed by atoms with E-state index in [9.17, 15) is 9.90 Å². The van der Waals surface area contributed by atoms with Crippen molar-refractivity contribution >= 4 is 23.5 Å². The quantitative estimate of drug-likeness (QED) is 0.710.